The molecule has 0 unspecified atom stereocenters. The first-order valence-corrected chi connectivity index (χ1v) is 9.68. The predicted octanol–water partition coefficient (Wildman–Crippen LogP) is 5.32. The molecule has 1 aliphatic rings. The van der Waals surface area contributed by atoms with E-state index in [-0.39, 0.29) is 0 Å². The minimum atomic E-state index is 0.666. The quantitative estimate of drug-likeness (QED) is 0.816. The van der Waals surface area contributed by atoms with E-state index in [1.165, 1.54) is 40.6 Å². The maximum absolute atomic E-state index is 6.49. The number of halogens is 1. The molecule has 2 aromatic rings. The van der Waals surface area contributed by atoms with Crippen molar-refractivity contribution in [2.45, 2.75) is 43.5 Å². The van der Waals surface area contributed by atoms with Crippen molar-refractivity contribution in [3.05, 3.63) is 34.2 Å². The van der Waals surface area contributed by atoms with Gasteiger partial charge >= 0.3 is 0 Å². The van der Waals surface area contributed by atoms with Crippen molar-refractivity contribution in [3.8, 4) is 0 Å². The lowest BCUT2D eigenvalue weighted by molar-refractivity contribution is 0.380. The third-order valence-corrected chi connectivity index (χ3v) is 7.01. The zero-order chi connectivity index (χ0) is 13.9. The van der Waals surface area contributed by atoms with E-state index in [9.17, 15) is 0 Å². The monoisotopic (exact) mass is 325 g/mol. The minimum Gasteiger partial charge on any atom is -0.309 e. The number of rotatable bonds is 4. The Bertz CT molecular complexity index is 573. The summed E-state index contributed by atoms with van der Waals surface area (Å²) >= 11 is 10.3. The van der Waals surface area contributed by atoms with Gasteiger partial charge in [0.1, 0.15) is 0 Å². The Morgan fingerprint density at radius 1 is 1.25 bits per heavy atom. The molecule has 0 radical (unpaired) electrons. The highest BCUT2D eigenvalue weighted by atomic mass is 35.5. The molecule has 1 aliphatic carbocycles. The van der Waals surface area contributed by atoms with Crippen LogP contribution < -0.4 is 5.32 Å². The lowest BCUT2D eigenvalue weighted by atomic mass is 9.95. The predicted molar refractivity (Wildman–Crippen MR) is 93.2 cm³/mol. The molecule has 20 heavy (non-hydrogen) atoms. The first-order valence-electron chi connectivity index (χ1n) is 7.20. The number of hydrogen-bond donors (Lipinski definition) is 1. The molecule has 1 aromatic carbocycles. The summed E-state index contributed by atoms with van der Waals surface area (Å²) in [5.41, 5.74) is 0. The fourth-order valence-electron chi connectivity index (χ4n) is 2.92. The number of benzene rings is 1. The first-order chi connectivity index (χ1) is 9.78. The molecular weight excluding hydrogens is 306 g/mol. The Labute approximate surface area is 134 Å². The highest BCUT2D eigenvalue weighted by Crippen LogP contribution is 2.35. The fourth-order valence-corrected chi connectivity index (χ4v) is 5.11. The number of hydrogen-bond acceptors (Lipinski definition) is 3. The normalized spacial score (nSPS) is 23.3. The molecule has 108 valence electrons. The summed E-state index contributed by atoms with van der Waals surface area (Å²) in [6.07, 6.45) is 7.52. The van der Waals surface area contributed by atoms with Crippen LogP contribution in [-0.4, -0.2) is 17.5 Å². The molecule has 0 atom stereocenters. The topological polar surface area (TPSA) is 12.0 Å². The second-order valence-corrected chi connectivity index (χ2v) is 8.08. The molecule has 0 amide bonds. The molecule has 1 heterocycles. The van der Waals surface area contributed by atoms with Gasteiger partial charge in [-0.1, -0.05) is 29.8 Å². The van der Waals surface area contributed by atoms with Gasteiger partial charge in [-0.2, -0.15) is 11.8 Å². The smallest absolute Gasteiger partial charge is 0.0636 e. The van der Waals surface area contributed by atoms with E-state index >= 15 is 0 Å². The van der Waals surface area contributed by atoms with Crippen molar-refractivity contribution < 1.29 is 0 Å². The van der Waals surface area contributed by atoms with E-state index in [4.69, 9.17) is 11.6 Å². The first kappa shape index (κ1) is 14.7. The molecule has 4 heteroatoms. The standard InChI is InChI=1S/C16H20ClNS2/c1-19-12-8-6-11(7-9-12)18-10-15-16(17)13-4-2-3-5-14(13)20-15/h2-5,11-12,18H,6-10H2,1H3. The largest absolute Gasteiger partial charge is 0.309 e. The molecule has 1 nitrogen and oxygen atoms in total. The van der Waals surface area contributed by atoms with Crippen molar-refractivity contribution in [1.82, 2.24) is 5.32 Å². The van der Waals surface area contributed by atoms with Gasteiger partial charge in [-0.05, 0) is 38.0 Å². The SMILES string of the molecule is CSC1CCC(NCc2sc3ccccc3c2Cl)CC1. The van der Waals surface area contributed by atoms with Gasteiger partial charge in [0.15, 0.2) is 0 Å². The third-order valence-electron chi connectivity index (χ3n) is 4.16. The summed E-state index contributed by atoms with van der Waals surface area (Å²) in [4.78, 5) is 1.28. The van der Waals surface area contributed by atoms with Gasteiger partial charge in [0.05, 0.1) is 5.02 Å². The zero-order valence-electron chi connectivity index (χ0n) is 11.7. The van der Waals surface area contributed by atoms with E-state index in [0.29, 0.717) is 6.04 Å². The molecule has 0 saturated heterocycles. The summed E-state index contributed by atoms with van der Waals surface area (Å²) in [5, 5.41) is 6.71. The average Bonchev–Trinajstić information content (AvgIpc) is 2.83. The Morgan fingerprint density at radius 2 is 2.00 bits per heavy atom. The van der Waals surface area contributed by atoms with Crippen LogP contribution in [0.3, 0.4) is 0 Å². The molecule has 1 N–H and O–H groups in total. The molecule has 1 aromatic heterocycles. The van der Waals surface area contributed by atoms with E-state index in [1.54, 1.807) is 0 Å². The Kier molecular flexibility index (Phi) is 4.92. The van der Waals surface area contributed by atoms with E-state index in [1.807, 2.05) is 23.1 Å². The zero-order valence-corrected chi connectivity index (χ0v) is 14.1. The highest BCUT2D eigenvalue weighted by molar-refractivity contribution is 7.99. The molecule has 0 bridgehead atoms. The van der Waals surface area contributed by atoms with Crippen LogP contribution in [0.4, 0.5) is 0 Å². The Hall–Kier alpha value is -0.220. The van der Waals surface area contributed by atoms with Crippen molar-refractivity contribution in [3.63, 3.8) is 0 Å². The van der Waals surface area contributed by atoms with Crippen LogP contribution in [0, 0.1) is 0 Å². The summed E-state index contributed by atoms with van der Waals surface area (Å²) in [6, 6.07) is 9.07. The van der Waals surface area contributed by atoms with Crippen LogP contribution in [-0.2, 0) is 6.54 Å². The van der Waals surface area contributed by atoms with Crippen molar-refractivity contribution >= 4 is 44.8 Å². The Morgan fingerprint density at radius 3 is 2.70 bits per heavy atom. The molecule has 1 saturated carbocycles. The number of thiophene rings is 1. The number of thioether (sulfide) groups is 1. The van der Waals surface area contributed by atoms with E-state index < -0.39 is 0 Å². The van der Waals surface area contributed by atoms with Crippen LogP contribution in [0.1, 0.15) is 30.6 Å². The second kappa shape index (κ2) is 6.69. The van der Waals surface area contributed by atoms with Gasteiger partial charge in [0.2, 0.25) is 0 Å². The maximum atomic E-state index is 6.49. The summed E-state index contributed by atoms with van der Waals surface area (Å²) in [7, 11) is 0. The molecular formula is C16H20ClNS2. The van der Waals surface area contributed by atoms with Crippen molar-refractivity contribution in [2.75, 3.05) is 6.26 Å². The van der Waals surface area contributed by atoms with Crippen LogP contribution in [0.5, 0.6) is 0 Å². The highest BCUT2D eigenvalue weighted by Gasteiger charge is 2.20. The van der Waals surface area contributed by atoms with E-state index in [2.05, 4.69) is 35.8 Å². The van der Waals surface area contributed by atoms with Crippen molar-refractivity contribution in [1.29, 1.82) is 0 Å². The van der Waals surface area contributed by atoms with Gasteiger partial charge in [0, 0.05) is 32.8 Å². The van der Waals surface area contributed by atoms with Crippen molar-refractivity contribution in [2.24, 2.45) is 0 Å². The fraction of sp³-hybridized carbons (Fsp3) is 0.500. The van der Waals surface area contributed by atoms with Gasteiger partial charge < -0.3 is 5.32 Å². The molecule has 1 fully saturated rings. The molecule has 3 rings (SSSR count). The third kappa shape index (κ3) is 3.16. The van der Waals surface area contributed by atoms with Gasteiger partial charge in [0.25, 0.3) is 0 Å². The van der Waals surface area contributed by atoms with Crippen LogP contribution in [0.2, 0.25) is 5.02 Å². The summed E-state index contributed by atoms with van der Waals surface area (Å²) < 4.78 is 1.29. The summed E-state index contributed by atoms with van der Waals surface area (Å²) in [5.74, 6) is 0. The number of fused-ring (bicyclic) bond motifs is 1. The minimum absolute atomic E-state index is 0.666. The van der Waals surface area contributed by atoms with Crippen LogP contribution in [0.25, 0.3) is 10.1 Å². The van der Waals surface area contributed by atoms with Crippen LogP contribution in [0.15, 0.2) is 24.3 Å². The van der Waals surface area contributed by atoms with E-state index in [0.717, 1.165) is 16.8 Å². The average molecular weight is 326 g/mol. The van der Waals surface area contributed by atoms with Gasteiger partial charge in [-0.25, -0.2) is 0 Å². The number of nitrogens with one attached hydrogen (secondary N) is 1. The summed E-state index contributed by atoms with van der Waals surface area (Å²) in [6.45, 7) is 0.910. The van der Waals surface area contributed by atoms with Crippen LogP contribution >= 0.6 is 34.7 Å². The van der Waals surface area contributed by atoms with Gasteiger partial charge in [-0.3, -0.25) is 0 Å². The molecule has 0 aliphatic heterocycles. The second-order valence-electron chi connectivity index (χ2n) is 5.43. The molecule has 0 spiro atoms. The lowest BCUT2D eigenvalue weighted by Crippen LogP contribution is -2.33. The van der Waals surface area contributed by atoms with Gasteiger partial charge in [-0.15, -0.1) is 11.3 Å². The Balaban J connectivity index is 1.61. The lowest BCUT2D eigenvalue weighted by Gasteiger charge is -2.28. The maximum Gasteiger partial charge on any atom is 0.0636 e.